The molecule has 2 heterocycles. The van der Waals surface area contributed by atoms with E-state index >= 15 is 0 Å². The molecular formula is C20H20N4OS. The van der Waals surface area contributed by atoms with Gasteiger partial charge in [-0.15, -0.1) is 11.8 Å². The summed E-state index contributed by atoms with van der Waals surface area (Å²) in [5, 5.41) is 0. The van der Waals surface area contributed by atoms with Crippen LogP contribution >= 0.6 is 11.8 Å². The van der Waals surface area contributed by atoms with Crippen molar-refractivity contribution in [2.75, 3.05) is 35.7 Å². The van der Waals surface area contributed by atoms with Crippen LogP contribution in [0.2, 0.25) is 0 Å². The minimum atomic E-state index is 0.0878. The number of rotatable bonds is 4. The van der Waals surface area contributed by atoms with Gasteiger partial charge in [-0.2, -0.15) is 0 Å². The molecule has 1 aliphatic heterocycles. The van der Waals surface area contributed by atoms with Crippen LogP contribution in [-0.4, -0.2) is 41.8 Å². The van der Waals surface area contributed by atoms with Crippen LogP contribution in [0.15, 0.2) is 54.6 Å². The van der Waals surface area contributed by atoms with Gasteiger partial charge in [0.05, 0.1) is 16.8 Å². The van der Waals surface area contributed by atoms with E-state index < -0.39 is 0 Å². The second-order valence-electron chi connectivity index (χ2n) is 6.30. The lowest BCUT2D eigenvalue weighted by atomic mass is 10.2. The first-order chi connectivity index (χ1) is 12.7. The summed E-state index contributed by atoms with van der Waals surface area (Å²) >= 11 is 1.63. The van der Waals surface area contributed by atoms with Gasteiger partial charge >= 0.3 is 0 Å². The molecule has 26 heavy (non-hydrogen) atoms. The maximum atomic E-state index is 12.8. The fraction of sp³-hybridized carbons (Fsp3) is 0.250. The number of carbonyl (C=O) groups is 1. The van der Waals surface area contributed by atoms with Crippen molar-refractivity contribution >= 4 is 40.3 Å². The second-order valence-corrected chi connectivity index (χ2v) is 7.29. The number of aromatic nitrogens is 2. The number of likely N-dealkylation sites (N-methyl/N-ethyl adjacent to an activating group) is 1. The molecule has 0 N–H and O–H groups in total. The summed E-state index contributed by atoms with van der Waals surface area (Å²) in [7, 11) is 1.99. The average molecular weight is 364 g/mol. The number of para-hydroxylation sites is 2. The van der Waals surface area contributed by atoms with E-state index in [2.05, 4.69) is 17.0 Å². The third-order valence-corrected chi connectivity index (χ3v) is 5.44. The Balaban J connectivity index is 1.53. The van der Waals surface area contributed by atoms with Gasteiger partial charge < -0.3 is 4.90 Å². The zero-order valence-corrected chi connectivity index (χ0v) is 15.4. The molecule has 1 amide bonds. The Kier molecular flexibility index (Phi) is 4.75. The topological polar surface area (TPSA) is 49.3 Å². The van der Waals surface area contributed by atoms with Crippen molar-refractivity contribution in [1.29, 1.82) is 0 Å². The highest BCUT2D eigenvalue weighted by molar-refractivity contribution is 7.99. The molecule has 0 saturated heterocycles. The number of nitrogens with zero attached hydrogens (tertiary/aromatic N) is 4. The minimum Gasteiger partial charge on any atom is -0.355 e. The van der Waals surface area contributed by atoms with Crippen LogP contribution in [0, 0.1) is 0 Å². The highest BCUT2D eigenvalue weighted by Crippen LogP contribution is 2.31. The first-order valence-electron chi connectivity index (χ1n) is 8.62. The maximum Gasteiger partial charge on any atom is 0.238 e. The summed E-state index contributed by atoms with van der Waals surface area (Å²) in [6.45, 7) is 1.40. The number of anilines is 2. The maximum absolute atomic E-state index is 12.8. The van der Waals surface area contributed by atoms with Gasteiger partial charge in [0.25, 0.3) is 0 Å². The van der Waals surface area contributed by atoms with Crippen LogP contribution in [0.5, 0.6) is 0 Å². The van der Waals surface area contributed by atoms with Crippen LogP contribution in [0.25, 0.3) is 11.0 Å². The number of thioether (sulfide) groups is 1. The first-order valence-corrected chi connectivity index (χ1v) is 9.78. The van der Waals surface area contributed by atoms with E-state index in [9.17, 15) is 4.79 Å². The Labute approximate surface area is 157 Å². The van der Waals surface area contributed by atoms with Gasteiger partial charge in [-0.25, -0.2) is 9.97 Å². The molecule has 3 aromatic rings. The smallest absolute Gasteiger partial charge is 0.238 e. The Morgan fingerprint density at radius 2 is 1.62 bits per heavy atom. The predicted molar refractivity (Wildman–Crippen MR) is 108 cm³/mol. The normalized spacial score (nSPS) is 13.7. The Morgan fingerprint density at radius 3 is 2.35 bits per heavy atom. The fourth-order valence-corrected chi connectivity index (χ4v) is 3.89. The zero-order chi connectivity index (χ0) is 17.9. The molecule has 1 aliphatic rings. The van der Waals surface area contributed by atoms with Crippen LogP contribution in [0.4, 0.5) is 11.6 Å². The van der Waals surface area contributed by atoms with Crippen LogP contribution in [0.3, 0.4) is 0 Å². The third kappa shape index (κ3) is 3.37. The van der Waals surface area contributed by atoms with Gasteiger partial charge in [-0.1, -0.05) is 42.5 Å². The molecule has 5 nitrogen and oxygen atoms in total. The number of carbonyl (C=O) groups excluding carboxylic acids is 1. The molecule has 2 aromatic carbocycles. The highest BCUT2D eigenvalue weighted by atomic mass is 32.2. The van der Waals surface area contributed by atoms with E-state index in [1.54, 1.807) is 16.7 Å². The van der Waals surface area contributed by atoms with E-state index in [4.69, 9.17) is 9.97 Å². The molecule has 132 valence electrons. The molecule has 0 radical (unpaired) electrons. The predicted octanol–water partition coefficient (Wildman–Crippen LogP) is 3.35. The molecule has 4 rings (SSSR count). The molecule has 0 spiro atoms. The fourth-order valence-electron chi connectivity index (χ4n) is 3.03. The standard InChI is InChI=1S/C20H20N4OS/c1-23-11-12-24(18(25)14-26-13-15-7-3-2-4-8-15)20-19(23)21-16-9-5-6-10-17(16)22-20/h2-10H,11-14H2,1H3. The summed E-state index contributed by atoms with van der Waals surface area (Å²) < 4.78 is 0. The van der Waals surface area contributed by atoms with Crippen LogP contribution in [0.1, 0.15) is 5.56 Å². The van der Waals surface area contributed by atoms with Gasteiger partial charge in [-0.05, 0) is 17.7 Å². The average Bonchev–Trinajstić information content (AvgIpc) is 2.68. The van der Waals surface area contributed by atoms with Gasteiger partial charge in [0.1, 0.15) is 0 Å². The van der Waals surface area contributed by atoms with Gasteiger partial charge in [0.15, 0.2) is 11.6 Å². The molecule has 0 fully saturated rings. The lowest BCUT2D eigenvalue weighted by molar-refractivity contribution is -0.116. The monoisotopic (exact) mass is 364 g/mol. The molecular weight excluding hydrogens is 344 g/mol. The van der Waals surface area contributed by atoms with Crippen LogP contribution in [-0.2, 0) is 10.5 Å². The third-order valence-electron chi connectivity index (χ3n) is 4.45. The van der Waals surface area contributed by atoms with Crippen molar-refractivity contribution in [2.24, 2.45) is 0 Å². The van der Waals surface area contributed by atoms with E-state index in [-0.39, 0.29) is 5.91 Å². The molecule has 0 aliphatic carbocycles. The number of hydrogen-bond donors (Lipinski definition) is 0. The van der Waals surface area contributed by atoms with Crippen LogP contribution < -0.4 is 9.80 Å². The number of benzene rings is 2. The van der Waals surface area contributed by atoms with E-state index in [0.717, 1.165) is 29.1 Å². The Bertz CT molecular complexity index is 932. The summed E-state index contributed by atoms with van der Waals surface area (Å²) in [5.41, 5.74) is 2.90. The van der Waals surface area contributed by atoms with Gasteiger partial charge in [0, 0.05) is 25.9 Å². The lowest BCUT2D eigenvalue weighted by Gasteiger charge is -2.33. The summed E-state index contributed by atoms with van der Waals surface area (Å²) in [5.74, 6) is 2.80. The van der Waals surface area contributed by atoms with Crippen molar-refractivity contribution in [2.45, 2.75) is 5.75 Å². The largest absolute Gasteiger partial charge is 0.355 e. The van der Waals surface area contributed by atoms with Crippen molar-refractivity contribution in [3.8, 4) is 0 Å². The number of hydrogen-bond acceptors (Lipinski definition) is 5. The number of fused-ring (bicyclic) bond motifs is 2. The van der Waals surface area contributed by atoms with Crippen molar-refractivity contribution < 1.29 is 4.79 Å². The van der Waals surface area contributed by atoms with Gasteiger partial charge in [-0.3, -0.25) is 9.69 Å². The molecule has 0 atom stereocenters. The zero-order valence-electron chi connectivity index (χ0n) is 14.6. The second kappa shape index (κ2) is 7.33. The summed E-state index contributed by atoms with van der Waals surface area (Å²) in [6.07, 6.45) is 0. The molecule has 0 bridgehead atoms. The summed E-state index contributed by atoms with van der Waals surface area (Å²) in [4.78, 5) is 26.1. The SMILES string of the molecule is CN1CCN(C(=O)CSCc2ccccc2)c2nc3ccccc3nc21. The molecule has 0 saturated carbocycles. The first kappa shape index (κ1) is 16.8. The highest BCUT2D eigenvalue weighted by Gasteiger charge is 2.28. The lowest BCUT2D eigenvalue weighted by Crippen LogP contribution is -2.44. The Hall–Kier alpha value is -2.60. The summed E-state index contributed by atoms with van der Waals surface area (Å²) in [6, 6.07) is 18.0. The molecule has 0 unspecified atom stereocenters. The number of amides is 1. The Morgan fingerprint density at radius 1 is 0.962 bits per heavy atom. The van der Waals surface area contributed by atoms with E-state index in [0.29, 0.717) is 18.1 Å². The minimum absolute atomic E-state index is 0.0878. The van der Waals surface area contributed by atoms with Crippen molar-refractivity contribution in [1.82, 2.24) is 9.97 Å². The van der Waals surface area contributed by atoms with Crippen molar-refractivity contribution in [3.05, 3.63) is 60.2 Å². The van der Waals surface area contributed by atoms with Gasteiger partial charge in [0.2, 0.25) is 5.91 Å². The van der Waals surface area contributed by atoms with Crippen molar-refractivity contribution in [3.63, 3.8) is 0 Å². The quantitative estimate of drug-likeness (QED) is 0.711. The molecule has 1 aromatic heterocycles. The molecule has 6 heteroatoms. The van der Waals surface area contributed by atoms with E-state index in [1.807, 2.05) is 49.5 Å². The van der Waals surface area contributed by atoms with E-state index in [1.165, 1.54) is 5.56 Å².